The van der Waals surface area contributed by atoms with Crippen molar-refractivity contribution < 1.29 is 9.59 Å². The molecule has 0 radical (unpaired) electrons. The van der Waals surface area contributed by atoms with Crippen molar-refractivity contribution in [3.63, 3.8) is 0 Å². The van der Waals surface area contributed by atoms with Crippen LogP contribution in [-0.2, 0) is 4.79 Å². The van der Waals surface area contributed by atoms with Gasteiger partial charge in [0.25, 0.3) is 5.91 Å². The number of anilines is 1. The van der Waals surface area contributed by atoms with Crippen LogP contribution in [0.15, 0.2) is 36.4 Å². The van der Waals surface area contributed by atoms with Gasteiger partial charge in [-0.2, -0.15) is 0 Å². The number of fused-ring (bicyclic) bond motifs is 3. The van der Waals surface area contributed by atoms with Crippen molar-refractivity contribution >= 4 is 28.8 Å². The molecule has 2 bridgehead atoms. The molecule has 2 aromatic rings. The third-order valence-corrected chi connectivity index (χ3v) is 6.91. The van der Waals surface area contributed by atoms with E-state index in [2.05, 4.69) is 22.5 Å². The van der Waals surface area contributed by atoms with Crippen molar-refractivity contribution in [2.75, 3.05) is 18.4 Å². The number of benzene rings is 1. The van der Waals surface area contributed by atoms with E-state index in [0.717, 1.165) is 34.1 Å². The molecule has 1 aromatic heterocycles. The van der Waals surface area contributed by atoms with Crippen molar-refractivity contribution in [1.29, 1.82) is 0 Å². The zero-order valence-corrected chi connectivity index (χ0v) is 16.5. The number of amides is 2. The number of piperidine rings is 3. The molecule has 4 heterocycles. The fourth-order valence-corrected chi connectivity index (χ4v) is 5.24. The van der Waals surface area contributed by atoms with Gasteiger partial charge in [0, 0.05) is 29.6 Å². The number of carbonyl (C=O) groups is 2. The third-order valence-electron chi connectivity index (χ3n) is 5.77. The Labute approximate surface area is 163 Å². The topological polar surface area (TPSA) is 61.4 Å². The molecule has 6 heteroatoms. The number of thiophene rings is 1. The zero-order chi connectivity index (χ0) is 19.0. The minimum atomic E-state index is -0.0926. The van der Waals surface area contributed by atoms with Gasteiger partial charge < -0.3 is 10.6 Å². The molecule has 3 aliphatic heterocycles. The minimum Gasteiger partial charge on any atom is -0.347 e. The molecule has 5 nitrogen and oxygen atoms in total. The second-order valence-electron chi connectivity index (χ2n) is 7.54. The van der Waals surface area contributed by atoms with Crippen molar-refractivity contribution in [3.8, 4) is 10.4 Å². The second-order valence-corrected chi connectivity index (χ2v) is 8.62. The molecular formula is C21H25N3O2S. The Hall–Kier alpha value is -2.18. The van der Waals surface area contributed by atoms with Gasteiger partial charge in [0.15, 0.2) is 0 Å². The molecule has 0 aliphatic carbocycles. The van der Waals surface area contributed by atoms with Gasteiger partial charge in [0.1, 0.15) is 0 Å². The highest BCUT2D eigenvalue weighted by Crippen LogP contribution is 2.33. The number of rotatable bonds is 4. The van der Waals surface area contributed by atoms with E-state index in [1.54, 1.807) is 0 Å². The minimum absolute atomic E-state index is 0.0230. The van der Waals surface area contributed by atoms with E-state index in [1.807, 2.05) is 36.4 Å². The molecule has 3 aliphatic rings. The van der Waals surface area contributed by atoms with E-state index in [9.17, 15) is 9.59 Å². The van der Waals surface area contributed by atoms with Crippen molar-refractivity contribution in [1.82, 2.24) is 10.2 Å². The van der Waals surface area contributed by atoms with Crippen LogP contribution in [0.25, 0.3) is 10.4 Å². The lowest BCUT2D eigenvalue weighted by molar-refractivity contribution is -0.114. The first kappa shape index (κ1) is 18.2. The third kappa shape index (κ3) is 3.77. The first-order valence-corrected chi connectivity index (χ1v) is 10.4. The quantitative estimate of drug-likeness (QED) is 0.848. The molecular weight excluding hydrogens is 358 g/mol. The lowest BCUT2D eigenvalue weighted by Gasteiger charge is -2.49. The van der Waals surface area contributed by atoms with Crippen LogP contribution in [0, 0.1) is 5.92 Å². The molecule has 2 amide bonds. The predicted octanol–water partition coefficient (Wildman–Crippen LogP) is 3.59. The summed E-state index contributed by atoms with van der Waals surface area (Å²) in [6.45, 7) is 6.04. The van der Waals surface area contributed by atoms with Crippen LogP contribution in [0.1, 0.15) is 36.4 Å². The van der Waals surface area contributed by atoms with Crippen LogP contribution in [0.5, 0.6) is 0 Å². The van der Waals surface area contributed by atoms with Crippen LogP contribution in [0.2, 0.25) is 0 Å². The number of hydrogen-bond donors (Lipinski definition) is 2. The Morgan fingerprint density at radius 2 is 1.93 bits per heavy atom. The first-order chi connectivity index (χ1) is 13.0. The average molecular weight is 384 g/mol. The summed E-state index contributed by atoms with van der Waals surface area (Å²) >= 11 is 1.49. The summed E-state index contributed by atoms with van der Waals surface area (Å²) in [5.74, 6) is 0.530. The smallest absolute Gasteiger partial charge is 0.261 e. The lowest BCUT2D eigenvalue weighted by Crippen LogP contribution is -2.62. The molecule has 3 fully saturated rings. The maximum absolute atomic E-state index is 12.8. The highest BCUT2D eigenvalue weighted by atomic mass is 32.1. The van der Waals surface area contributed by atoms with Crippen LogP contribution in [-0.4, -0.2) is 41.9 Å². The van der Waals surface area contributed by atoms with Crippen molar-refractivity contribution in [2.45, 2.75) is 38.8 Å². The Morgan fingerprint density at radius 3 is 2.63 bits per heavy atom. The van der Waals surface area contributed by atoms with Gasteiger partial charge in [-0.1, -0.05) is 12.1 Å². The van der Waals surface area contributed by atoms with Gasteiger partial charge in [0.05, 0.1) is 4.88 Å². The van der Waals surface area contributed by atoms with E-state index >= 15 is 0 Å². The normalized spacial score (nSPS) is 26.6. The summed E-state index contributed by atoms with van der Waals surface area (Å²) in [5, 5.41) is 6.09. The van der Waals surface area contributed by atoms with E-state index in [-0.39, 0.29) is 17.9 Å². The summed E-state index contributed by atoms with van der Waals surface area (Å²) in [6.07, 6.45) is 2.36. The zero-order valence-electron chi connectivity index (χ0n) is 15.7. The van der Waals surface area contributed by atoms with Gasteiger partial charge in [-0.05, 0) is 68.6 Å². The number of nitrogens with one attached hydrogen (secondary N) is 2. The monoisotopic (exact) mass is 383 g/mol. The molecule has 2 N–H and O–H groups in total. The fraction of sp³-hybridized carbons (Fsp3) is 0.429. The largest absolute Gasteiger partial charge is 0.347 e. The van der Waals surface area contributed by atoms with E-state index in [4.69, 9.17) is 0 Å². The lowest BCUT2D eigenvalue weighted by atomic mass is 9.79. The van der Waals surface area contributed by atoms with E-state index in [0.29, 0.717) is 12.0 Å². The van der Waals surface area contributed by atoms with Crippen LogP contribution >= 0.6 is 11.3 Å². The molecule has 2 atom stereocenters. The first-order valence-electron chi connectivity index (χ1n) is 9.54. The molecule has 3 saturated heterocycles. The standard InChI is InChI=1S/C21H25N3O2S/c1-13-20(15-8-10-24(13)11-9-15)23-21(26)19-7-6-18(27-19)16-4-3-5-17(12-16)22-14(2)25/h3-7,12-13,15,20H,8-11H2,1-2H3,(H,22,25)(H,23,26). The van der Waals surface area contributed by atoms with Crippen molar-refractivity contribution in [2.24, 2.45) is 5.92 Å². The van der Waals surface area contributed by atoms with E-state index < -0.39 is 0 Å². The summed E-state index contributed by atoms with van der Waals surface area (Å²) in [6, 6.07) is 12.2. The number of hydrogen-bond acceptors (Lipinski definition) is 4. The SMILES string of the molecule is CC(=O)Nc1cccc(-c2ccc(C(=O)NC3C4CCN(CC4)C3C)s2)c1. The highest BCUT2D eigenvalue weighted by Gasteiger charge is 2.40. The molecule has 0 saturated carbocycles. The van der Waals surface area contributed by atoms with Gasteiger partial charge in [-0.3, -0.25) is 14.5 Å². The van der Waals surface area contributed by atoms with Gasteiger partial charge >= 0.3 is 0 Å². The molecule has 0 spiro atoms. The molecule has 27 heavy (non-hydrogen) atoms. The molecule has 1 aromatic carbocycles. The summed E-state index contributed by atoms with van der Waals surface area (Å²) in [4.78, 5) is 28.3. The van der Waals surface area contributed by atoms with Gasteiger partial charge in [-0.15, -0.1) is 11.3 Å². The molecule has 5 rings (SSSR count). The Balaban J connectivity index is 1.48. The summed E-state index contributed by atoms with van der Waals surface area (Å²) < 4.78 is 0. The highest BCUT2D eigenvalue weighted by molar-refractivity contribution is 7.17. The summed E-state index contributed by atoms with van der Waals surface area (Å²) in [7, 11) is 0. The Bertz CT molecular complexity index is 853. The second kappa shape index (κ2) is 7.44. The number of nitrogens with zero attached hydrogens (tertiary/aromatic N) is 1. The fourth-order valence-electron chi connectivity index (χ4n) is 4.34. The van der Waals surface area contributed by atoms with Gasteiger partial charge in [0.2, 0.25) is 5.91 Å². The van der Waals surface area contributed by atoms with Crippen LogP contribution < -0.4 is 10.6 Å². The van der Waals surface area contributed by atoms with Crippen LogP contribution in [0.4, 0.5) is 5.69 Å². The van der Waals surface area contributed by atoms with Gasteiger partial charge in [-0.25, -0.2) is 0 Å². The Morgan fingerprint density at radius 1 is 1.15 bits per heavy atom. The maximum atomic E-state index is 12.8. The Kier molecular flexibility index (Phi) is 5.02. The van der Waals surface area contributed by atoms with Crippen LogP contribution in [0.3, 0.4) is 0 Å². The summed E-state index contributed by atoms with van der Waals surface area (Å²) in [5.41, 5.74) is 1.77. The molecule has 142 valence electrons. The van der Waals surface area contributed by atoms with Crippen molar-refractivity contribution in [3.05, 3.63) is 41.3 Å². The predicted molar refractivity (Wildman–Crippen MR) is 109 cm³/mol. The van der Waals surface area contributed by atoms with E-state index in [1.165, 1.54) is 31.1 Å². The molecule has 2 unspecified atom stereocenters. The number of carbonyl (C=O) groups excluding carboxylic acids is 2. The average Bonchev–Trinajstić information content (AvgIpc) is 3.15. The maximum Gasteiger partial charge on any atom is 0.261 e.